The van der Waals surface area contributed by atoms with Crippen LogP contribution in [0.15, 0.2) is 41.3 Å². The lowest BCUT2D eigenvalue weighted by atomic mass is 10.0. The van der Waals surface area contributed by atoms with Gasteiger partial charge in [0.2, 0.25) is 10.0 Å². The molecule has 0 bridgehead atoms. The summed E-state index contributed by atoms with van der Waals surface area (Å²) in [4.78, 5) is 18.4. The molecule has 32 heavy (non-hydrogen) atoms. The van der Waals surface area contributed by atoms with E-state index >= 15 is 0 Å². The van der Waals surface area contributed by atoms with Crippen molar-refractivity contribution < 1.29 is 26.8 Å². The third-order valence-corrected chi connectivity index (χ3v) is 6.97. The molecule has 1 saturated heterocycles. The number of hydrogen-bond donors (Lipinski definition) is 1. The maximum absolute atomic E-state index is 13.3. The number of benzene rings is 2. The van der Waals surface area contributed by atoms with Gasteiger partial charge in [-0.15, -0.1) is 5.10 Å². The van der Waals surface area contributed by atoms with E-state index in [0.717, 1.165) is 29.8 Å². The first-order chi connectivity index (χ1) is 15.2. The number of halogens is 2. The molecular weight excluding hydrogens is 444 g/mol. The van der Waals surface area contributed by atoms with Crippen molar-refractivity contribution in [3.05, 3.63) is 48.0 Å². The van der Waals surface area contributed by atoms with Crippen LogP contribution in [0.5, 0.6) is 0 Å². The van der Waals surface area contributed by atoms with Crippen LogP contribution in [-0.4, -0.2) is 53.5 Å². The second-order valence-electron chi connectivity index (χ2n) is 7.70. The Morgan fingerprint density at radius 2 is 1.97 bits per heavy atom. The summed E-state index contributed by atoms with van der Waals surface area (Å²) in [5.74, 6) is -2.08. The maximum Gasteiger partial charge on any atom is 0.265 e. The first kappa shape index (κ1) is 22.1. The summed E-state index contributed by atoms with van der Waals surface area (Å²) in [7, 11) is -3.70. The molecular formula is C20H21F2N5O4S. The number of anilines is 1. The quantitative estimate of drug-likeness (QED) is 0.598. The normalized spacial score (nSPS) is 17.4. The van der Waals surface area contributed by atoms with Gasteiger partial charge >= 0.3 is 0 Å². The largest absolute Gasteiger partial charge is 0.385 e. The Bertz CT molecular complexity index is 1240. The molecule has 2 aromatic carbocycles. The van der Waals surface area contributed by atoms with Crippen LogP contribution in [0, 0.1) is 17.6 Å². The molecule has 170 valence electrons. The summed E-state index contributed by atoms with van der Waals surface area (Å²) >= 11 is 0. The monoisotopic (exact) mass is 465 g/mol. The van der Waals surface area contributed by atoms with Gasteiger partial charge in [0.1, 0.15) is 22.7 Å². The molecule has 1 amide bonds. The Morgan fingerprint density at radius 3 is 2.69 bits per heavy atom. The lowest BCUT2D eigenvalue weighted by Crippen LogP contribution is -2.39. The van der Waals surface area contributed by atoms with Gasteiger partial charge in [-0.05, 0) is 54.3 Å². The van der Waals surface area contributed by atoms with Gasteiger partial charge in [0.05, 0.1) is 4.90 Å². The van der Waals surface area contributed by atoms with Crippen molar-refractivity contribution in [2.75, 3.05) is 25.0 Å². The van der Waals surface area contributed by atoms with Crippen LogP contribution in [0.2, 0.25) is 0 Å². The predicted molar refractivity (Wildman–Crippen MR) is 111 cm³/mol. The highest BCUT2D eigenvalue weighted by atomic mass is 32.2. The van der Waals surface area contributed by atoms with Gasteiger partial charge in [-0.25, -0.2) is 17.2 Å². The molecule has 1 aliphatic heterocycles. The van der Waals surface area contributed by atoms with Gasteiger partial charge < -0.3 is 10.2 Å². The van der Waals surface area contributed by atoms with Crippen molar-refractivity contribution in [2.24, 2.45) is 5.92 Å². The molecule has 1 aliphatic rings. The number of rotatable bonds is 6. The number of hydrogen-bond acceptors (Lipinski definition) is 6. The van der Waals surface area contributed by atoms with Gasteiger partial charge in [0.25, 0.3) is 5.91 Å². The predicted octanol–water partition coefficient (Wildman–Crippen LogP) is 2.20. The van der Waals surface area contributed by atoms with Crippen molar-refractivity contribution in [2.45, 2.75) is 24.7 Å². The van der Waals surface area contributed by atoms with Crippen molar-refractivity contribution >= 4 is 32.7 Å². The van der Waals surface area contributed by atoms with Crippen molar-refractivity contribution in [3.8, 4) is 0 Å². The number of nitrogens with one attached hydrogen (secondary N) is 1. The van der Waals surface area contributed by atoms with Crippen LogP contribution in [0.1, 0.15) is 19.8 Å². The summed E-state index contributed by atoms with van der Waals surface area (Å²) < 4.78 is 54.1. The van der Waals surface area contributed by atoms with E-state index in [9.17, 15) is 22.0 Å². The Morgan fingerprint density at radius 1 is 1.22 bits per heavy atom. The van der Waals surface area contributed by atoms with Gasteiger partial charge in [0.15, 0.2) is 6.61 Å². The van der Waals surface area contributed by atoms with Crippen molar-refractivity contribution in [3.63, 3.8) is 0 Å². The second kappa shape index (κ2) is 8.79. The molecule has 0 radical (unpaired) electrons. The molecule has 0 aliphatic carbocycles. The number of sulfonamides is 1. The summed E-state index contributed by atoms with van der Waals surface area (Å²) in [6.07, 6.45) is 1.79. The molecule has 2 heterocycles. The van der Waals surface area contributed by atoms with E-state index in [1.807, 2.05) is 6.92 Å². The average Bonchev–Trinajstić information content (AvgIpc) is 3.14. The van der Waals surface area contributed by atoms with Gasteiger partial charge in [0, 0.05) is 24.8 Å². The third-order valence-electron chi connectivity index (χ3n) is 5.11. The average molecular weight is 465 g/mol. The highest BCUT2D eigenvalue weighted by Crippen LogP contribution is 2.25. The molecule has 3 aromatic rings. The lowest BCUT2D eigenvalue weighted by Gasteiger charge is -2.30. The zero-order valence-electron chi connectivity index (χ0n) is 17.2. The molecule has 12 heteroatoms. The van der Waals surface area contributed by atoms with Crippen molar-refractivity contribution in [1.82, 2.24) is 19.5 Å². The molecule has 0 saturated carbocycles. The molecule has 1 fully saturated rings. The molecule has 1 atom stereocenters. The van der Waals surface area contributed by atoms with Crippen molar-refractivity contribution in [1.29, 1.82) is 0 Å². The SMILES string of the molecule is C[C@H]1CCCN(S(=O)(=O)c2ccc3nnn(OCC(=O)Nc4cc(F)cc(F)c4)c3c2)C1. The number of fused-ring (bicyclic) bond motifs is 1. The molecule has 1 N–H and O–H groups in total. The lowest BCUT2D eigenvalue weighted by molar-refractivity contribution is -0.121. The minimum absolute atomic E-state index is 0.0660. The number of nitrogens with zero attached hydrogens (tertiary/aromatic N) is 4. The summed E-state index contributed by atoms with van der Waals surface area (Å²) in [5.41, 5.74) is 0.577. The van der Waals surface area contributed by atoms with Crippen LogP contribution in [0.4, 0.5) is 14.5 Å². The van der Waals surface area contributed by atoms with Gasteiger partial charge in [-0.2, -0.15) is 4.31 Å². The maximum atomic E-state index is 13.3. The Hall–Kier alpha value is -3.12. The Labute approximate surface area is 183 Å². The van der Waals surface area contributed by atoms with Crippen LogP contribution in [0.3, 0.4) is 0 Å². The third kappa shape index (κ3) is 4.70. The number of aromatic nitrogens is 3. The van der Waals surface area contributed by atoms with Crippen LogP contribution < -0.4 is 10.2 Å². The summed E-state index contributed by atoms with van der Waals surface area (Å²) in [6, 6.07) is 6.97. The van der Waals surface area contributed by atoms with E-state index in [-0.39, 0.29) is 22.0 Å². The fourth-order valence-electron chi connectivity index (χ4n) is 3.59. The number of carbonyl (C=O) groups is 1. The topological polar surface area (TPSA) is 106 Å². The smallest absolute Gasteiger partial charge is 0.265 e. The highest BCUT2D eigenvalue weighted by molar-refractivity contribution is 7.89. The van der Waals surface area contributed by atoms with Gasteiger partial charge in [-0.3, -0.25) is 4.79 Å². The first-order valence-electron chi connectivity index (χ1n) is 9.97. The fourth-order valence-corrected chi connectivity index (χ4v) is 5.21. The Balaban J connectivity index is 1.49. The molecule has 4 rings (SSSR count). The van der Waals surface area contributed by atoms with Crippen LogP contribution in [0.25, 0.3) is 11.0 Å². The molecule has 9 nitrogen and oxygen atoms in total. The van der Waals surface area contributed by atoms with E-state index in [1.165, 1.54) is 22.5 Å². The number of amides is 1. The molecule has 1 aromatic heterocycles. The van der Waals surface area contributed by atoms with E-state index in [0.29, 0.717) is 24.7 Å². The minimum atomic E-state index is -3.70. The van der Waals surface area contributed by atoms with Gasteiger partial charge in [-0.1, -0.05) is 11.8 Å². The zero-order chi connectivity index (χ0) is 22.9. The minimum Gasteiger partial charge on any atom is -0.385 e. The number of piperidine rings is 1. The summed E-state index contributed by atoms with van der Waals surface area (Å²) in [6.45, 7) is 2.38. The summed E-state index contributed by atoms with van der Waals surface area (Å²) in [5, 5.41) is 10.00. The highest BCUT2D eigenvalue weighted by Gasteiger charge is 2.29. The fraction of sp³-hybridized carbons (Fsp3) is 0.350. The van der Waals surface area contributed by atoms with E-state index < -0.39 is 34.2 Å². The zero-order valence-corrected chi connectivity index (χ0v) is 18.0. The van der Waals surface area contributed by atoms with E-state index in [1.54, 1.807) is 0 Å². The molecule has 0 unspecified atom stereocenters. The first-order valence-corrected chi connectivity index (χ1v) is 11.4. The number of carbonyl (C=O) groups excluding carboxylic acids is 1. The van der Waals surface area contributed by atoms with Crippen LogP contribution in [-0.2, 0) is 14.8 Å². The van der Waals surface area contributed by atoms with Crippen LogP contribution >= 0.6 is 0 Å². The standard InChI is InChI=1S/C20H21F2N5O4S/c1-13-3-2-6-26(11-13)32(29,30)17-4-5-18-19(10-17)27(25-24-18)31-12-20(28)23-16-8-14(21)7-15(22)9-16/h4-5,7-10,13H,2-3,6,11-12H2,1H3,(H,23,28)/t13-/m0/s1. The Kier molecular flexibility index (Phi) is 6.07. The van der Waals surface area contributed by atoms with E-state index in [2.05, 4.69) is 15.6 Å². The molecule has 0 spiro atoms. The second-order valence-corrected chi connectivity index (χ2v) is 9.64. The van der Waals surface area contributed by atoms with E-state index in [4.69, 9.17) is 4.84 Å².